The maximum absolute atomic E-state index is 10.5. The summed E-state index contributed by atoms with van der Waals surface area (Å²) in [6.45, 7) is 0. The molecule has 1 saturated carbocycles. The highest BCUT2D eigenvalue weighted by atomic mass is 16.6. The molecule has 7 heteroatoms. The molecule has 1 fully saturated rings. The Kier molecular flexibility index (Phi) is 2.84. The lowest BCUT2D eigenvalue weighted by molar-refractivity contribution is -0.384. The van der Waals surface area contributed by atoms with E-state index in [0.717, 1.165) is 19.0 Å². The zero-order valence-corrected chi connectivity index (χ0v) is 8.72. The number of nitrogen functional groups attached to an aromatic ring is 1. The average Bonchev–Trinajstić information content (AvgIpc) is 2.70. The van der Waals surface area contributed by atoms with Gasteiger partial charge in [0.25, 0.3) is 0 Å². The van der Waals surface area contributed by atoms with Crippen LogP contribution in [0, 0.1) is 10.1 Å². The Bertz CT molecular complexity index is 403. The quantitative estimate of drug-likeness (QED) is 0.591. The minimum Gasteiger partial charge on any atom is -0.378 e. The third kappa shape index (κ3) is 2.18. The van der Waals surface area contributed by atoms with E-state index in [1.807, 2.05) is 0 Å². The fraction of sp³-hybridized carbons (Fsp3) is 0.556. The highest BCUT2D eigenvalue weighted by Crippen LogP contribution is 2.23. The van der Waals surface area contributed by atoms with Gasteiger partial charge in [0.2, 0.25) is 11.8 Å². The zero-order valence-electron chi connectivity index (χ0n) is 8.72. The van der Waals surface area contributed by atoms with Crippen LogP contribution in [-0.2, 0) is 0 Å². The van der Waals surface area contributed by atoms with E-state index in [1.54, 1.807) is 0 Å². The second-order valence-electron chi connectivity index (χ2n) is 3.85. The molecule has 86 valence electrons. The fourth-order valence-corrected chi connectivity index (χ4v) is 1.85. The maximum Gasteiger partial charge on any atom is 0.329 e. The molecule has 2 rings (SSSR count). The van der Waals surface area contributed by atoms with Crippen molar-refractivity contribution in [2.75, 3.05) is 11.1 Å². The number of aromatic nitrogens is 2. The Morgan fingerprint density at radius 3 is 2.75 bits per heavy atom. The molecule has 3 N–H and O–H groups in total. The van der Waals surface area contributed by atoms with Gasteiger partial charge in [-0.1, -0.05) is 12.8 Å². The first-order valence-electron chi connectivity index (χ1n) is 5.20. The summed E-state index contributed by atoms with van der Waals surface area (Å²) in [5.74, 6) is 0.274. The lowest BCUT2D eigenvalue weighted by Gasteiger charge is -2.11. The molecular weight excluding hydrogens is 210 g/mol. The molecule has 1 aliphatic rings. The number of hydrogen-bond donors (Lipinski definition) is 2. The van der Waals surface area contributed by atoms with E-state index in [-0.39, 0.29) is 11.5 Å². The highest BCUT2D eigenvalue weighted by Gasteiger charge is 2.18. The van der Waals surface area contributed by atoms with Crippen LogP contribution in [0.4, 0.5) is 17.5 Å². The van der Waals surface area contributed by atoms with Gasteiger partial charge in [-0.25, -0.2) is 4.98 Å². The monoisotopic (exact) mass is 223 g/mol. The first-order valence-corrected chi connectivity index (χ1v) is 5.20. The summed E-state index contributed by atoms with van der Waals surface area (Å²) in [4.78, 5) is 17.7. The van der Waals surface area contributed by atoms with E-state index in [1.165, 1.54) is 12.8 Å². The van der Waals surface area contributed by atoms with Crippen molar-refractivity contribution in [1.82, 2.24) is 9.97 Å². The summed E-state index contributed by atoms with van der Waals surface area (Å²) in [6.07, 6.45) is 5.69. The minimum absolute atomic E-state index is 0.0968. The first kappa shape index (κ1) is 10.6. The van der Waals surface area contributed by atoms with E-state index in [0.29, 0.717) is 12.0 Å². The smallest absolute Gasteiger partial charge is 0.329 e. The fourth-order valence-electron chi connectivity index (χ4n) is 1.85. The van der Waals surface area contributed by atoms with Crippen molar-refractivity contribution in [2.45, 2.75) is 31.7 Å². The van der Waals surface area contributed by atoms with Gasteiger partial charge in [0.1, 0.15) is 6.20 Å². The van der Waals surface area contributed by atoms with E-state index in [4.69, 9.17) is 5.73 Å². The van der Waals surface area contributed by atoms with Gasteiger partial charge >= 0.3 is 5.69 Å². The number of nitrogens with zero attached hydrogens (tertiary/aromatic N) is 3. The van der Waals surface area contributed by atoms with Crippen LogP contribution in [0.1, 0.15) is 25.7 Å². The lowest BCUT2D eigenvalue weighted by atomic mass is 10.2. The molecular formula is C9H13N5O2. The van der Waals surface area contributed by atoms with Crippen LogP contribution in [-0.4, -0.2) is 20.9 Å². The van der Waals surface area contributed by atoms with Gasteiger partial charge in [-0.05, 0) is 12.8 Å². The van der Waals surface area contributed by atoms with Gasteiger partial charge in [-0.15, -0.1) is 0 Å². The minimum atomic E-state index is -0.589. The van der Waals surface area contributed by atoms with Crippen molar-refractivity contribution in [3.63, 3.8) is 0 Å². The third-order valence-electron chi connectivity index (χ3n) is 2.68. The summed E-state index contributed by atoms with van der Waals surface area (Å²) < 4.78 is 0. The number of nitro groups is 1. The molecule has 0 bridgehead atoms. The van der Waals surface area contributed by atoms with Gasteiger partial charge < -0.3 is 11.1 Å². The third-order valence-corrected chi connectivity index (χ3v) is 2.68. The Morgan fingerprint density at radius 2 is 2.19 bits per heavy atom. The molecule has 1 heterocycles. The molecule has 16 heavy (non-hydrogen) atoms. The molecule has 1 aliphatic carbocycles. The van der Waals surface area contributed by atoms with E-state index in [2.05, 4.69) is 15.3 Å². The first-order chi connectivity index (χ1) is 7.66. The van der Waals surface area contributed by atoms with E-state index < -0.39 is 4.92 Å². The predicted octanol–water partition coefficient (Wildman–Crippen LogP) is 1.32. The maximum atomic E-state index is 10.5. The molecule has 0 unspecified atom stereocenters. The van der Waals surface area contributed by atoms with Gasteiger partial charge in [-0.3, -0.25) is 10.1 Å². The molecule has 0 radical (unpaired) electrons. The van der Waals surface area contributed by atoms with Crippen molar-refractivity contribution in [3.05, 3.63) is 16.3 Å². The van der Waals surface area contributed by atoms with Crippen molar-refractivity contribution >= 4 is 17.5 Å². The molecule has 0 spiro atoms. The van der Waals surface area contributed by atoms with E-state index >= 15 is 0 Å². The summed E-state index contributed by atoms with van der Waals surface area (Å²) in [6, 6.07) is 0.362. The summed E-state index contributed by atoms with van der Waals surface area (Å²) >= 11 is 0. The second kappa shape index (κ2) is 4.30. The van der Waals surface area contributed by atoms with Gasteiger partial charge in [-0.2, -0.15) is 4.98 Å². The Labute approximate surface area is 92.2 Å². The van der Waals surface area contributed by atoms with Crippen molar-refractivity contribution in [1.29, 1.82) is 0 Å². The van der Waals surface area contributed by atoms with Crippen molar-refractivity contribution in [2.24, 2.45) is 0 Å². The molecule has 1 aromatic rings. The predicted molar refractivity (Wildman–Crippen MR) is 59.0 cm³/mol. The molecule has 0 atom stereocenters. The Balaban J connectivity index is 2.11. The number of anilines is 2. The topological polar surface area (TPSA) is 107 Å². The van der Waals surface area contributed by atoms with Crippen LogP contribution in [0.3, 0.4) is 0 Å². The summed E-state index contributed by atoms with van der Waals surface area (Å²) in [5, 5.41) is 13.6. The van der Waals surface area contributed by atoms with Gasteiger partial charge in [0.05, 0.1) is 4.92 Å². The van der Waals surface area contributed by atoms with Gasteiger partial charge in [0, 0.05) is 6.04 Å². The van der Waals surface area contributed by atoms with E-state index in [9.17, 15) is 10.1 Å². The van der Waals surface area contributed by atoms with Crippen LogP contribution >= 0.6 is 0 Å². The molecule has 0 aliphatic heterocycles. The SMILES string of the molecule is Nc1nc(NC2CCCC2)ncc1[N+](=O)[O-]. The van der Waals surface area contributed by atoms with Gasteiger partial charge in [0.15, 0.2) is 0 Å². The molecule has 0 aromatic carbocycles. The lowest BCUT2D eigenvalue weighted by Crippen LogP contribution is -2.17. The summed E-state index contributed by atoms with van der Waals surface area (Å²) in [7, 11) is 0. The normalized spacial score (nSPS) is 16.2. The van der Waals surface area contributed by atoms with Crippen molar-refractivity contribution in [3.8, 4) is 0 Å². The van der Waals surface area contributed by atoms with Crippen LogP contribution in [0.2, 0.25) is 0 Å². The highest BCUT2D eigenvalue weighted by molar-refractivity contribution is 5.53. The van der Waals surface area contributed by atoms with Crippen molar-refractivity contribution < 1.29 is 4.92 Å². The molecule has 1 aromatic heterocycles. The van der Waals surface area contributed by atoms with Crippen LogP contribution in [0.5, 0.6) is 0 Å². The Hall–Kier alpha value is -1.92. The number of nitrogens with two attached hydrogens (primary N) is 1. The average molecular weight is 223 g/mol. The van der Waals surface area contributed by atoms with Crippen LogP contribution in [0.15, 0.2) is 6.20 Å². The van der Waals surface area contributed by atoms with Crippen LogP contribution < -0.4 is 11.1 Å². The standard InChI is InChI=1S/C9H13N5O2/c10-8-7(14(15)16)5-11-9(13-8)12-6-3-1-2-4-6/h5-6H,1-4H2,(H3,10,11,12,13). The van der Waals surface area contributed by atoms with Crippen LogP contribution in [0.25, 0.3) is 0 Å². The Morgan fingerprint density at radius 1 is 1.50 bits per heavy atom. The molecule has 7 nitrogen and oxygen atoms in total. The molecule has 0 saturated heterocycles. The number of hydrogen-bond acceptors (Lipinski definition) is 6. The largest absolute Gasteiger partial charge is 0.378 e. The summed E-state index contributed by atoms with van der Waals surface area (Å²) in [5.41, 5.74) is 5.21. The number of rotatable bonds is 3. The second-order valence-corrected chi connectivity index (χ2v) is 3.85. The molecule has 0 amide bonds. The zero-order chi connectivity index (χ0) is 11.5. The number of nitrogens with one attached hydrogen (secondary N) is 1.